The quantitative estimate of drug-likeness (QED) is 0.492. The number of thiophene rings is 1. The molecule has 1 aromatic carbocycles. The fourth-order valence-electron chi connectivity index (χ4n) is 2.60. The molecule has 9 heteroatoms. The van der Waals surface area contributed by atoms with Crippen LogP contribution in [0.25, 0.3) is 16.3 Å². The van der Waals surface area contributed by atoms with Crippen molar-refractivity contribution in [3.63, 3.8) is 0 Å². The van der Waals surface area contributed by atoms with Gasteiger partial charge in [-0.25, -0.2) is 9.67 Å². The van der Waals surface area contributed by atoms with Crippen LogP contribution in [0.2, 0.25) is 0 Å². The zero-order valence-corrected chi connectivity index (χ0v) is 17.1. The number of para-hydroxylation sites is 1. The predicted molar refractivity (Wildman–Crippen MR) is 114 cm³/mol. The first kappa shape index (κ1) is 19.0. The van der Waals surface area contributed by atoms with Crippen LogP contribution in [0.5, 0.6) is 0 Å². The third kappa shape index (κ3) is 4.58. The largest absolute Gasteiger partial charge is 0.351 e. The van der Waals surface area contributed by atoms with Crippen molar-refractivity contribution >= 4 is 39.6 Å². The van der Waals surface area contributed by atoms with Crippen LogP contribution < -0.4 is 10.6 Å². The van der Waals surface area contributed by atoms with E-state index in [2.05, 4.69) is 20.7 Å². The van der Waals surface area contributed by atoms with Gasteiger partial charge in [0.1, 0.15) is 0 Å². The number of nitrogens with zero attached hydrogens (tertiary/aromatic N) is 3. The Bertz CT molecular complexity index is 1150. The first-order valence-electron chi connectivity index (χ1n) is 8.79. The Kier molecular flexibility index (Phi) is 5.50. The first-order chi connectivity index (χ1) is 14.1. The molecule has 0 fully saturated rings. The van der Waals surface area contributed by atoms with E-state index in [1.807, 2.05) is 47.8 Å². The SMILES string of the molecule is CC(=O)NCc1ccc(-c2csc(NC(=O)c3cnn(-c4ccccc4)c3)n2)s1. The van der Waals surface area contributed by atoms with Crippen LogP contribution in [0.4, 0.5) is 5.13 Å². The van der Waals surface area contributed by atoms with Crippen LogP contribution in [-0.2, 0) is 11.3 Å². The van der Waals surface area contributed by atoms with Crippen molar-refractivity contribution in [3.05, 3.63) is 70.7 Å². The minimum absolute atomic E-state index is 0.0609. The van der Waals surface area contributed by atoms with Crippen LogP contribution in [0, 0.1) is 0 Å². The van der Waals surface area contributed by atoms with Gasteiger partial charge < -0.3 is 5.32 Å². The van der Waals surface area contributed by atoms with E-state index < -0.39 is 0 Å². The van der Waals surface area contributed by atoms with Gasteiger partial charge in [0.05, 0.1) is 34.6 Å². The molecular formula is C20H17N5O2S2. The van der Waals surface area contributed by atoms with Crippen molar-refractivity contribution in [1.82, 2.24) is 20.1 Å². The van der Waals surface area contributed by atoms with E-state index in [4.69, 9.17) is 0 Å². The maximum Gasteiger partial charge on any atom is 0.260 e. The van der Waals surface area contributed by atoms with Gasteiger partial charge in [0.15, 0.2) is 5.13 Å². The summed E-state index contributed by atoms with van der Waals surface area (Å²) in [6.07, 6.45) is 3.22. The zero-order valence-electron chi connectivity index (χ0n) is 15.5. The molecule has 0 spiro atoms. The minimum Gasteiger partial charge on any atom is -0.351 e. The Morgan fingerprint density at radius 3 is 2.76 bits per heavy atom. The molecule has 4 aromatic rings. The summed E-state index contributed by atoms with van der Waals surface area (Å²) in [6, 6.07) is 13.5. The monoisotopic (exact) mass is 423 g/mol. The number of benzene rings is 1. The number of thiazole rings is 1. The number of anilines is 1. The van der Waals surface area contributed by atoms with Gasteiger partial charge in [-0.3, -0.25) is 14.9 Å². The van der Waals surface area contributed by atoms with Crippen LogP contribution in [-0.4, -0.2) is 26.6 Å². The van der Waals surface area contributed by atoms with Crippen molar-refractivity contribution in [2.24, 2.45) is 0 Å². The van der Waals surface area contributed by atoms with Crippen molar-refractivity contribution in [2.75, 3.05) is 5.32 Å². The van der Waals surface area contributed by atoms with Crippen molar-refractivity contribution < 1.29 is 9.59 Å². The highest BCUT2D eigenvalue weighted by Gasteiger charge is 2.13. The van der Waals surface area contributed by atoms with Gasteiger partial charge in [-0.1, -0.05) is 18.2 Å². The van der Waals surface area contributed by atoms with Crippen molar-refractivity contribution in [2.45, 2.75) is 13.5 Å². The molecule has 146 valence electrons. The molecule has 0 saturated carbocycles. The fourth-order valence-corrected chi connectivity index (χ4v) is 4.29. The van der Waals surface area contributed by atoms with Gasteiger partial charge in [0.25, 0.3) is 5.91 Å². The van der Waals surface area contributed by atoms with Gasteiger partial charge in [-0.15, -0.1) is 22.7 Å². The van der Waals surface area contributed by atoms with Gasteiger partial charge >= 0.3 is 0 Å². The Labute approximate surface area is 175 Å². The number of hydrogen-bond donors (Lipinski definition) is 2. The van der Waals surface area contributed by atoms with Crippen LogP contribution in [0.3, 0.4) is 0 Å². The molecule has 29 heavy (non-hydrogen) atoms. The Hall–Kier alpha value is -3.30. The van der Waals surface area contributed by atoms with Crippen LogP contribution in [0.1, 0.15) is 22.2 Å². The molecule has 3 aromatic heterocycles. The molecule has 2 amide bonds. The van der Waals surface area contributed by atoms with Gasteiger partial charge in [-0.2, -0.15) is 5.10 Å². The average molecular weight is 424 g/mol. The number of carbonyl (C=O) groups is 2. The van der Waals surface area contributed by atoms with Gasteiger partial charge in [-0.05, 0) is 24.3 Å². The maximum atomic E-state index is 12.5. The van der Waals surface area contributed by atoms with Crippen LogP contribution >= 0.6 is 22.7 Å². The number of rotatable bonds is 6. The number of aromatic nitrogens is 3. The topological polar surface area (TPSA) is 88.9 Å². The van der Waals surface area contributed by atoms with E-state index in [0.29, 0.717) is 17.2 Å². The normalized spacial score (nSPS) is 10.7. The summed E-state index contributed by atoms with van der Waals surface area (Å²) in [5, 5.41) is 12.3. The molecule has 0 aliphatic carbocycles. The summed E-state index contributed by atoms with van der Waals surface area (Å²) in [7, 11) is 0. The number of carbonyl (C=O) groups excluding carboxylic acids is 2. The van der Waals surface area contributed by atoms with E-state index in [0.717, 1.165) is 21.1 Å². The lowest BCUT2D eigenvalue weighted by atomic mass is 10.3. The average Bonchev–Trinajstić information content (AvgIpc) is 3.47. The number of hydrogen-bond acceptors (Lipinski definition) is 6. The lowest BCUT2D eigenvalue weighted by molar-refractivity contribution is -0.119. The Balaban J connectivity index is 1.42. The van der Waals surface area contributed by atoms with Crippen molar-refractivity contribution in [1.29, 1.82) is 0 Å². The molecule has 0 aliphatic rings. The summed E-state index contributed by atoms with van der Waals surface area (Å²) in [5.74, 6) is -0.320. The summed E-state index contributed by atoms with van der Waals surface area (Å²) < 4.78 is 1.66. The molecule has 2 N–H and O–H groups in total. The maximum absolute atomic E-state index is 12.5. The summed E-state index contributed by atoms with van der Waals surface area (Å²) >= 11 is 2.93. The second-order valence-electron chi connectivity index (χ2n) is 6.18. The Morgan fingerprint density at radius 2 is 1.97 bits per heavy atom. The highest BCUT2D eigenvalue weighted by Crippen LogP contribution is 2.31. The molecule has 4 rings (SSSR count). The molecule has 0 saturated heterocycles. The Morgan fingerprint density at radius 1 is 1.14 bits per heavy atom. The molecule has 3 heterocycles. The van der Waals surface area contributed by atoms with E-state index in [-0.39, 0.29) is 11.8 Å². The summed E-state index contributed by atoms with van der Waals surface area (Å²) in [5.41, 5.74) is 2.14. The van der Waals surface area contributed by atoms with E-state index in [1.165, 1.54) is 24.5 Å². The van der Waals surface area contributed by atoms with E-state index >= 15 is 0 Å². The zero-order chi connectivity index (χ0) is 20.2. The highest BCUT2D eigenvalue weighted by atomic mass is 32.1. The molecule has 0 bridgehead atoms. The number of amides is 2. The van der Waals surface area contributed by atoms with E-state index in [9.17, 15) is 9.59 Å². The smallest absolute Gasteiger partial charge is 0.260 e. The molecule has 0 atom stereocenters. The molecule has 7 nitrogen and oxygen atoms in total. The number of nitrogens with one attached hydrogen (secondary N) is 2. The third-order valence-electron chi connectivity index (χ3n) is 4.02. The van der Waals surface area contributed by atoms with Gasteiger partial charge in [0, 0.05) is 23.4 Å². The van der Waals surface area contributed by atoms with Crippen molar-refractivity contribution in [3.8, 4) is 16.3 Å². The summed E-state index contributed by atoms with van der Waals surface area (Å²) in [4.78, 5) is 30.1. The van der Waals surface area contributed by atoms with Gasteiger partial charge in [0.2, 0.25) is 5.91 Å². The van der Waals surface area contributed by atoms with E-state index in [1.54, 1.807) is 22.2 Å². The first-order valence-corrected chi connectivity index (χ1v) is 10.5. The standard InChI is InChI=1S/C20H17N5O2S2/c1-13(26)21-10-16-7-8-18(29-16)17-12-28-20(23-17)24-19(27)14-9-22-25(11-14)15-5-3-2-4-6-15/h2-9,11-12H,10H2,1H3,(H,21,26)(H,23,24,27). The molecule has 0 unspecified atom stereocenters. The lowest BCUT2D eigenvalue weighted by Gasteiger charge is -2.00. The minimum atomic E-state index is -0.259. The fraction of sp³-hybridized carbons (Fsp3) is 0.100. The summed E-state index contributed by atoms with van der Waals surface area (Å²) in [6.45, 7) is 1.99. The second kappa shape index (κ2) is 8.38. The lowest BCUT2D eigenvalue weighted by Crippen LogP contribution is -2.17. The highest BCUT2D eigenvalue weighted by molar-refractivity contribution is 7.17. The molecule has 0 radical (unpaired) electrons. The molecule has 0 aliphatic heterocycles. The second-order valence-corrected chi connectivity index (χ2v) is 8.20. The predicted octanol–water partition coefficient (Wildman–Crippen LogP) is 3.95. The third-order valence-corrected chi connectivity index (χ3v) is 5.88. The van der Waals surface area contributed by atoms with Crippen LogP contribution in [0.15, 0.2) is 60.2 Å². The molecular weight excluding hydrogens is 406 g/mol.